The van der Waals surface area contributed by atoms with Crippen LogP contribution in [0.2, 0.25) is 0 Å². The molecule has 0 radical (unpaired) electrons. The van der Waals surface area contributed by atoms with Gasteiger partial charge in [-0.1, -0.05) is 40.2 Å². The van der Waals surface area contributed by atoms with E-state index in [1.807, 2.05) is 54.6 Å². The van der Waals surface area contributed by atoms with E-state index in [4.69, 9.17) is 4.74 Å². The normalized spacial score (nSPS) is 26.8. The molecule has 4 saturated carbocycles. The molecule has 3 aromatic carbocycles. The van der Waals surface area contributed by atoms with Crippen LogP contribution in [-0.4, -0.2) is 50.5 Å². The topological polar surface area (TPSA) is 91.0 Å². The second kappa shape index (κ2) is 13.4. The van der Waals surface area contributed by atoms with Crippen molar-refractivity contribution in [1.82, 2.24) is 10.6 Å². The molecule has 0 saturated heterocycles. The number of hydrogen-bond acceptors (Lipinski definition) is 5. The van der Waals surface area contributed by atoms with Crippen molar-refractivity contribution in [3.8, 4) is 5.75 Å². The van der Waals surface area contributed by atoms with Crippen LogP contribution in [0.25, 0.3) is 10.8 Å². The molecule has 2 atom stereocenters. The zero-order chi connectivity index (χ0) is 32.2. The van der Waals surface area contributed by atoms with E-state index in [9.17, 15) is 14.4 Å². The van der Waals surface area contributed by atoms with Crippen LogP contribution in [0.15, 0.2) is 59.1 Å². The third kappa shape index (κ3) is 6.39. The highest BCUT2D eigenvalue weighted by atomic mass is 79.9. The molecule has 1 heterocycles. The summed E-state index contributed by atoms with van der Waals surface area (Å²) in [6.07, 6.45) is 7.81. The Morgan fingerprint density at radius 3 is 2.30 bits per heavy atom. The predicted octanol–water partition coefficient (Wildman–Crippen LogP) is 6.61. The van der Waals surface area contributed by atoms with E-state index in [2.05, 4.69) is 26.6 Å². The molecule has 4 bridgehead atoms. The van der Waals surface area contributed by atoms with Crippen LogP contribution in [-0.2, 0) is 20.9 Å². The number of rotatable bonds is 8. The van der Waals surface area contributed by atoms with Crippen molar-refractivity contribution in [3.05, 3.63) is 64.6 Å². The number of carbonyl (C=O) groups is 3. The van der Waals surface area contributed by atoms with Crippen molar-refractivity contribution >= 4 is 68.2 Å². The molecule has 3 aromatic rings. The van der Waals surface area contributed by atoms with E-state index in [1.165, 1.54) is 19.3 Å². The molecule has 1 unspecified atom stereocenters. The van der Waals surface area contributed by atoms with Gasteiger partial charge in [0.15, 0.2) is 0 Å². The summed E-state index contributed by atoms with van der Waals surface area (Å²) in [7, 11) is 3.35. The molecule has 0 aromatic heterocycles. The number of para-hydroxylation sites is 2. The number of nitrogens with one attached hydrogen (secondary N) is 2. The van der Waals surface area contributed by atoms with Gasteiger partial charge in [0, 0.05) is 16.5 Å². The average molecular weight is 724 g/mol. The highest BCUT2D eigenvalue weighted by molar-refractivity contribution is 9.10. The lowest BCUT2D eigenvalue weighted by Crippen LogP contribution is -2.56. The first-order valence-corrected chi connectivity index (χ1v) is 17.4. The summed E-state index contributed by atoms with van der Waals surface area (Å²) < 4.78 is 6.78. The molecular formula is C37H44BrClN4O4. The number of carbonyl (C=O) groups excluding carboxylic acids is 3. The second-order valence-corrected chi connectivity index (χ2v) is 15.1. The van der Waals surface area contributed by atoms with Gasteiger partial charge in [0.05, 0.1) is 37.6 Å². The molecule has 0 spiro atoms. The van der Waals surface area contributed by atoms with Crippen molar-refractivity contribution in [2.75, 3.05) is 30.5 Å². The van der Waals surface area contributed by atoms with Crippen LogP contribution in [0.4, 0.5) is 11.4 Å². The molecule has 47 heavy (non-hydrogen) atoms. The largest absolute Gasteiger partial charge is 0.496 e. The average Bonchev–Trinajstić information content (AvgIpc) is 3.14. The lowest BCUT2D eigenvalue weighted by molar-refractivity contribution is -0.129. The van der Waals surface area contributed by atoms with Gasteiger partial charge in [-0.25, -0.2) is 0 Å². The summed E-state index contributed by atoms with van der Waals surface area (Å²) in [5, 5.41) is 7.96. The van der Waals surface area contributed by atoms with Crippen molar-refractivity contribution in [2.24, 2.45) is 23.2 Å². The maximum absolute atomic E-state index is 14.6. The number of likely N-dealkylation sites (N-methyl/N-ethyl adjacent to an activating group) is 1. The van der Waals surface area contributed by atoms with E-state index in [0.29, 0.717) is 23.5 Å². The summed E-state index contributed by atoms with van der Waals surface area (Å²) >= 11 is 3.58. The minimum Gasteiger partial charge on any atom is -0.496 e. The molecular weight excluding hydrogens is 680 g/mol. The van der Waals surface area contributed by atoms with E-state index < -0.39 is 12.1 Å². The summed E-state index contributed by atoms with van der Waals surface area (Å²) in [6, 6.07) is 16.2. The SMILES string of the molecule is CNC(C)C(=O)N[C@H]1CN(C(=O)CC23CC4CC(CC(C4)C2)C3)c2ccccc2N(Cc2c(OC)ccc3cc(Br)ccc23)C1=O.Cl. The number of amides is 3. The Balaban J connectivity index is 0.00000386. The molecule has 8 nitrogen and oxygen atoms in total. The van der Waals surface area contributed by atoms with Crippen molar-refractivity contribution in [1.29, 1.82) is 0 Å². The fraction of sp³-hybridized carbons (Fsp3) is 0.486. The number of methoxy groups -OCH3 is 1. The van der Waals surface area contributed by atoms with Gasteiger partial charge in [0.1, 0.15) is 11.8 Å². The third-order valence-electron chi connectivity index (χ3n) is 11.1. The molecule has 1 aliphatic heterocycles. The Kier molecular flexibility index (Phi) is 9.62. The fourth-order valence-corrected chi connectivity index (χ4v) is 9.68. The van der Waals surface area contributed by atoms with Crippen molar-refractivity contribution < 1.29 is 19.1 Å². The number of nitrogens with zero attached hydrogens (tertiary/aromatic N) is 2. The van der Waals surface area contributed by atoms with Crippen molar-refractivity contribution in [3.63, 3.8) is 0 Å². The van der Waals surface area contributed by atoms with Crippen LogP contribution in [0.1, 0.15) is 57.4 Å². The summed E-state index contributed by atoms with van der Waals surface area (Å²) in [5.74, 6) is 2.37. The van der Waals surface area contributed by atoms with Gasteiger partial charge in [-0.3, -0.25) is 14.4 Å². The number of benzene rings is 3. The van der Waals surface area contributed by atoms with E-state index >= 15 is 0 Å². The molecule has 10 heteroatoms. The number of halogens is 2. The zero-order valence-electron chi connectivity index (χ0n) is 27.3. The number of hydrogen-bond donors (Lipinski definition) is 2. The minimum atomic E-state index is -0.925. The molecule has 3 amide bonds. The highest BCUT2D eigenvalue weighted by Gasteiger charge is 2.52. The maximum atomic E-state index is 14.6. The Hall–Kier alpha value is -3.14. The number of ether oxygens (including phenoxy) is 1. The summed E-state index contributed by atoms with van der Waals surface area (Å²) in [6.45, 7) is 2.06. The second-order valence-electron chi connectivity index (χ2n) is 14.2. The van der Waals surface area contributed by atoms with Crippen molar-refractivity contribution in [2.45, 2.75) is 70.5 Å². The van der Waals surface area contributed by atoms with Gasteiger partial charge in [-0.05, 0) is 117 Å². The Bertz CT molecular complexity index is 1660. The Morgan fingerprint density at radius 2 is 1.66 bits per heavy atom. The van der Waals surface area contributed by atoms with E-state index in [0.717, 1.165) is 57.8 Å². The fourth-order valence-electron chi connectivity index (χ4n) is 9.30. The molecule has 4 aliphatic carbocycles. The lowest BCUT2D eigenvalue weighted by Gasteiger charge is -2.57. The van der Waals surface area contributed by atoms with E-state index in [1.54, 1.807) is 30.9 Å². The van der Waals surface area contributed by atoms with E-state index in [-0.39, 0.29) is 48.6 Å². The first-order valence-electron chi connectivity index (χ1n) is 16.6. The first-order chi connectivity index (χ1) is 22.2. The van der Waals surface area contributed by atoms with Gasteiger partial charge in [-0.2, -0.15) is 0 Å². The third-order valence-corrected chi connectivity index (χ3v) is 11.6. The Labute approximate surface area is 291 Å². The molecule has 4 fully saturated rings. The zero-order valence-corrected chi connectivity index (χ0v) is 29.7. The first kappa shape index (κ1) is 33.7. The lowest BCUT2D eigenvalue weighted by atomic mass is 9.49. The molecule has 8 rings (SSSR count). The van der Waals surface area contributed by atoms with Gasteiger partial charge in [0.25, 0.3) is 5.91 Å². The standard InChI is InChI=1S/C37H43BrN4O4.ClH/c1-22(39-2)35(44)40-30-21-41(34(43)19-37-16-23-12-24(17-37)14-25(13-23)18-37)31-6-4-5-7-32(31)42(36(30)45)20-29-28-10-9-27(38)15-26(28)8-11-33(29)46-3;/h4-11,15,22-25,30,39H,12-14,16-21H2,1-3H3,(H,40,44);1H/t22?,23?,24?,25?,30-,37?;/m0./s1. The van der Waals surface area contributed by atoms with Gasteiger partial charge < -0.3 is 25.2 Å². The summed E-state index contributed by atoms with van der Waals surface area (Å²) in [5.41, 5.74) is 2.25. The van der Waals surface area contributed by atoms with Gasteiger partial charge in [0.2, 0.25) is 11.8 Å². The van der Waals surface area contributed by atoms with Crippen LogP contribution < -0.4 is 25.2 Å². The van der Waals surface area contributed by atoms with Crippen LogP contribution in [0.5, 0.6) is 5.75 Å². The molecule has 250 valence electrons. The van der Waals surface area contributed by atoms with Crippen LogP contribution in [0.3, 0.4) is 0 Å². The quantitative estimate of drug-likeness (QED) is 0.273. The highest BCUT2D eigenvalue weighted by Crippen LogP contribution is 2.61. The maximum Gasteiger partial charge on any atom is 0.251 e. The van der Waals surface area contributed by atoms with Crippen LogP contribution in [0, 0.1) is 23.2 Å². The minimum absolute atomic E-state index is 0. The smallest absolute Gasteiger partial charge is 0.251 e. The molecule has 5 aliphatic rings. The predicted molar refractivity (Wildman–Crippen MR) is 191 cm³/mol. The number of fused-ring (bicyclic) bond motifs is 2. The Morgan fingerprint density at radius 1 is 1.00 bits per heavy atom. The molecule has 2 N–H and O–H groups in total. The number of anilines is 2. The van der Waals surface area contributed by atoms with Crippen LogP contribution >= 0.6 is 28.3 Å². The monoisotopic (exact) mass is 722 g/mol. The van der Waals surface area contributed by atoms with Gasteiger partial charge >= 0.3 is 0 Å². The van der Waals surface area contributed by atoms with Gasteiger partial charge in [-0.15, -0.1) is 12.4 Å². The summed E-state index contributed by atoms with van der Waals surface area (Å²) in [4.78, 5) is 45.9.